The van der Waals surface area contributed by atoms with E-state index < -0.39 is 0 Å². The van der Waals surface area contributed by atoms with Crippen molar-refractivity contribution >= 4 is 65.5 Å². The van der Waals surface area contributed by atoms with Crippen LogP contribution in [0.25, 0.3) is 76.1 Å². The molecule has 10 aromatic rings. The fraction of sp³-hybridized carbons (Fsp3) is 0.328. The Bertz CT molecular complexity index is 3230. The molecule has 0 aliphatic carbocycles. The van der Waals surface area contributed by atoms with Crippen molar-refractivity contribution in [3.05, 3.63) is 145 Å². The number of hydrogen-bond donors (Lipinski definition) is 1. The Hall–Kier alpha value is -6.95. The van der Waals surface area contributed by atoms with Crippen molar-refractivity contribution in [2.45, 2.75) is 0 Å². The molecule has 10 aromatic carbocycles. The van der Waals surface area contributed by atoms with E-state index >= 15 is 0 Å². The molecule has 2 bridgehead atoms. The Labute approximate surface area is 455 Å². The summed E-state index contributed by atoms with van der Waals surface area (Å²) in [4.78, 5) is 14.4. The van der Waals surface area contributed by atoms with E-state index in [9.17, 15) is 4.79 Å². The Balaban J connectivity index is 0.975. The molecule has 0 heterocycles. The van der Waals surface area contributed by atoms with Crippen LogP contribution in [0.5, 0.6) is 17.2 Å². The van der Waals surface area contributed by atoms with E-state index in [1.54, 1.807) is 33.5 Å². The molecule has 0 radical (unpaired) electrons. The van der Waals surface area contributed by atoms with E-state index in [0.29, 0.717) is 108 Å². The van der Waals surface area contributed by atoms with E-state index in [1.807, 2.05) is 12.1 Å². The van der Waals surface area contributed by atoms with Crippen LogP contribution in [0, 0.1) is 0 Å². The number of ether oxygens (including phenoxy) is 12. The lowest BCUT2D eigenvalue weighted by Gasteiger charge is -2.21. The summed E-state index contributed by atoms with van der Waals surface area (Å²) in [5.74, 6) is 0.545. The normalized spacial score (nSPS) is 11.7. The van der Waals surface area contributed by atoms with Gasteiger partial charge in [-0.15, -0.1) is 0 Å². The maximum atomic E-state index is 14.4. The highest BCUT2D eigenvalue weighted by atomic mass is 16.6. The van der Waals surface area contributed by atoms with Crippen LogP contribution in [0.4, 0.5) is 5.69 Å². The molecule has 0 aliphatic rings. The number of rotatable bonds is 34. The Morgan fingerprint density at radius 2 is 0.808 bits per heavy atom. The monoisotopic (exact) mass is 1060 g/mol. The summed E-state index contributed by atoms with van der Waals surface area (Å²) in [7, 11) is 4.89. The third-order valence-electron chi connectivity index (χ3n) is 13.3. The second kappa shape index (κ2) is 29.1. The van der Waals surface area contributed by atoms with Gasteiger partial charge in [0.15, 0.2) is 11.5 Å². The first-order valence-corrected chi connectivity index (χ1v) is 26.6. The minimum Gasteiger partial charge on any atom is -0.487 e. The van der Waals surface area contributed by atoms with Crippen molar-refractivity contribution in [3.8, 4) is 39.5 Å². The van der Waals surface area contributed by atoms with Crippen LogP contribution < -0.4 is 19.5 Å². The average molecular weight is 1060 g/mol. The molecule has 14 heteroatoms. The van der Waals surface area contributed by atoms with Crippen molar-refractivity contribution in [2.75, 3.05) is 146 Å². The molecule has 0 unspecified atom stereocenters. The zero-order chi connectivity index (χ0) is 53.7. The molecule has 408 valence electrons. The maximum absolute atomic E-state index is 14.4. The number of nitrogens with one attached hydrogen (secondary N) is 1. The number of carbonyl (C=O) groups is 1. The SMILES string of the molecule is COCCOCCOCCOc1cc(C(=O)Nc2ccc(-c3cc4c5ccccc5c3c3cccc(-c5c6ccccc6cc6ccccc56)c43)cc2)cc(OCCOCCOCCOC)c1OCCOCCOCCOC. The predicted octanol–water partition coefficient (Wildman–Crippen LogP) is 11.7. The largest absolute Gasteiger partial charge is 0.487 e. The van der Waals surface area contributed by atoms with Gasteiger partial charge in [0.05, 0.1) is 99.1 Å². The summed E-state index contributed by atoms with van der Waals surface area (Å²) in [6.45, 7) is 6.57. The van der Waals surface area contributed by atoms with Crippen molar-refractivity contribution in [3.63, 3.8) is 0 Å². The highest BCUT2D eigenvalue weighted by molar-refractivity contribution is 6.35. The lowest BCUT2D eigenvalue weighted by atomic mass is 9.82. The standard InChI is InChI=1S/C64H69NO13/c1-67-23-26-70-29-32-73-35-38-76-58-42-48(43-59(77-39-36-74-33-30-71-27-24-68-2)63(58)78-40-37-75-34-31-72-28-25-69-3)64(66)65-49-21-19-45(20-22-49)56-44-57-52-15-8-9-16-53(52)61(56)55-18-10-17-54(62(55)57)60-50-13-6-4-11-46(50)41-47-12-5-7-14-51(47)60/h4-22,41-44H,23-40H2,1-3H3,(H,65,66). The van der Waals surface area contributed by atoms with Gasteiger partial charge in [-0.3, -0.25) is 4.79 Å². The van der Waals surface area contributed by atoms with E-state index in [1.165, 1.54) is 65.0 Å². The lowest BCUT2D eigenvalue weighted by Crippen LogP contribution is -2.17. The smallest absolute Gasteiger partial charge is 0.255 e. The fourth-order valence-electron chi connectivity index (χ4n) is 9.68. The predicted molar refractivity (Wildman–Crippen MR) is 307 cm³/mol. The summed E-state index contributed by atoms with van der Waals surface area (Å²) in [5, 5.41) is 15.2. The van der Waals surface area contributed by atoms with Crippen LogP contribution in [0.2, 0.25) is 0 Å². The van der Waals surface area contributed by atoms with E-state index in [-0.39, 0.29) is 45.5 Å². The van der Waals surface area contributed by atoms with Gasteiger partial charge in [-0.1, -0.05) is 103 Å². The van der Waals surface area contributed by atoms with E-state index in [2.05, 4.69) is 121 Å². The van der Waals surface area contributed by atoms with E-state index in [0.717, 1.165) is 11.1 Å². The first-order valence-electron chi connectivity index (χ1n) is 26.6. The number of benzene rings is 10. The second-order valence-electron chi connectivity index (χ2n) is 18.3. The van der Waals surface area contributed by atoms with Gasteiger partial charge in [0, 0.05) is 32.6 Å². The number of hydrogen-bond acceptors (Lipinski definition) is 13. The number of carbonyl (C=O) groups excluding carboxylic acids is 1. The van der Waals surface area contributed by atoms with Gasteiger partial charge in [0.2, 0.25) is 5.75 Å². The molecular weight excluding hydrogens is 991 g/mol. The van der Waals surface area contributed by atoms with Gasteiger partial charge >= 0.3 is 0 Å². The highest BCUT2D eigenvalue weighted by Gasteiger charge is 2.23. The molecule has 14 nitrogen and oxygen atoms in total. The average Bonchev–Trinajstić information content (AvgIpc) is 3.57. The zero-order valence-electron chi connectivity index (χ0n) is 44.8. The molecular formula is C64H69NO13. The second-order valence-corrected chi connectivity index (χ2v) is 18.3. The molecule has 78 heavy (non-hydrogen) atoms. The molecule has 0 aliphatic heterocycles. The Morgan fingerprint density at radius 3 is 1.33 bits per heavy atom. The molecule has 1 amide bonds. The molecule has 1 N–H and O–H groups in total. The Morgan fingerprint density at radius 1 is 0.372 bits per heavy atom. The maximum Gasteiger partial charge on any atom is 0.255 e. The number of anilines is 1. The van der Waals surface area contributed by atoms with Crippen LogP contribution in [0.15, 0.2) is 140 Å². The zero-order valence-corrected chi connectivity index (χ0v) is 44.8. The van der Waals surface area contributed by atoms with Crippen molar-refractivity contribution < 1.29 is 61.6 Å². The van der Waals surface area contributed by atoms with Gasteiger partial charge in [0.25, 0.3) is 5.91 Å². The van der Waals surface area contributed by atoms with E-state index in [4.69, 9.17) is 56.8 Å². The van der Waals surface area contributed by atoms with Gasteiger partial charge < -0.3 is 62.2 Å². The summed E-state index contributed by atoms with van der Waals surface area (Å²) in [6.07, 6.45) is 0. The molecule has 0 spiro atoms. The number of methoxy groups -OCH3 is 3. The van der Waals surface area contributed by atoms with Crippen molar-refractivity contribution in [1.29, 1.82) is 0 Å². The summed E-state index contributed by atoms with van der Waals surface area (Å²) < 4.78 is 68.0. The highest BCUT2D eigenvalue weighted by Crippen LogP contribution is 2.49. The topological polar surface area (TPSA) is 140 Å². The summed E-state index contributed by atoms with van der Waals surface area (Å²) in [6, 6.07) is 48.7. The van der Waals surface area contributed by atoms with Crippen molar-refractivity contribution in [1.82, 2.24) is 0 Å². The molecule has 10 rings (SSSR count). The minimum atomic E-state index is -0.369. The number of amides is 1. The van der Waals surface area contributed by atoms with Crippen LogP contribution in [-0.4, -0.2) is 146 Å². The van der Waals surface area contributed by atoms with Gasteiger partial charge in [-0.05, 0) is 113 Å². The van der Waals surface area contributed by atoms with Gasteiger partial charge in [-0.2, -0.15) is 0 Å². The first-order chi connectivity index (χ1) is 38.6. The third-order valence-corrected chi connectivity index (χ3v) is 13.3. The Kier molecular flexibility index (Phi) is 20.8. The van der Waals surface area contributed by atoms with Crippen LogP contribution in [0.1, 0.15) is 10.4 Å². The molecule has 0 fully saturated rings. The fourth-order valence-corrected chi connectivity index (χ4v) is 9.68. The molecule has 0 aromatic heterocycles. The van der Waals surface area contributed by atoms with Crippen molar-refractivity contribution in [2.24, 2.45) is 0 Å². The summed E-state index contributed by atoms with van der Waals surface area (Å²) >= 11 is 0. The molecule has 0 saturated carbocycles. The molecule has 0 saturated heterocycles. The molecule has 0 atom stereocenters. The van der Waals surface area contributed by atoms with Crippen LogP contribution in [-0.2, 0) is 42.6 Å². The minimum absolute atomic E-state index is 0.159. The summed E-state index contributed by atoms with van der Waals surface area (Å²) in [5.41, 5.74) is 5.52. The first kappa shape index (κ1) is 55.8. The number of fused-ring (bicyclic) bond motifs is 3. The third kappa shape index (κ3) is 14.0. The quantitative estimate of drug-likeness (QED) is 0.0303. The van der Waals surface area contributed by atoms with Gasteiger partial charge in [-0.25, -0.2) is 0 Å². The van der Waals surface area contributed by atoms with Crippen LogP contribution in [0.3, 0.4) is 0 Å². The van der Waals surface area contributed by atoms with Crippen LogP contribution >= 0.6 is 0 Å². The van der Waals surface area contributed by atoms with Gasteiger partial charge in [0.1, 0.15) is 19.8 Å². The lowest BCUT2D eigenvalue weighted by molar-refractivity contribution is 0.0146.